The van der Waals surface area contributed by atoms with Crippen molar-refractivity contribution < 1.29 is 0 Å². The fourth-order valence-electron chi connectivity index (χ4n) is 22.6. The van der Waals surface area contributed by atoms with E-state index in [2.05, 4.69) is 290 Å². The minimum absolute atomic E-state index is 0.294. The van der Waals surface area contributed by atoms with Crippen LogP contribution >= 0.6 is 0 Å². The van der Waals surface area contributed by atoms with Gasteiger partial charge in [-0.1, -0.05) is 285 Å². The largest absolute Gasteiger partial charge is 0.309 e. The Hall–Kier alpha value is -22.2. The summed E-state index contributed by atoms with van der Waals surface area (Å²) in [6, 6.07) is 173. The van der Waals surface area contributed by atoms with E-state index in [1.807, 2.05) is 241 Å². The Morgan fingerprint density at radius 1 is 0.140 bits per heavy atom. The maximum Gasteiger partial charge on any atom is 0.103 e. The van der Waals surface area contributed by atoms with Gasteiger partial charge in [0.25, 0.3) is 0 Å². The summed E-state index contributed by atoms with van der Waals surface area (Å²) in [6.07, 6.45) is 0. The lowest BCUT2D eigenvalue weighted by atomic mass is 9.88. The van der Waals surface area contributed by atoms with Crippen LogP contribution in [0.15, 0.2) is 455 Å². The number of para-hydroxylation sites is 12. The molecule has 21 aromatic carbocycles. The summed E-state index contributed by atoms with van der Waals surface area (Å²) in [4.78, 5) is 0. The molecule has 27 rings (SSSR count). The molecular formula is C135H75N15. The highest BCUT2D eigenvalue weighted by Gasteiger charge is 2.29. The summed E-state index contributed by atoms with van der Waals surface area (Å²) in [7, 11) is 0. The summed E-state index contributed by atoms with van der Waals surface area (Å²) in [5.74, 6) is 0. The first-order valence-electron chi connectivity index (χ1n) is 48.9. The van der Waals surface area contributed by atoms with Gasteiger partial charge in [-0.3, -0.25) is 0 Å². The number of aromatic nitrogens is 6. The molecule has 0 aliphatic rings. The molecule has 0 radical (unpaired) electrons. The second-order valence-electron chi connectivity index (χ2n) is 36.8. The molecule has 150 heavy (non-hydrogen) atoms. The fraction of sp³-hybridized carbons (Fsp3) is 0. The van der Waals surface area contributed by atoms with Gasteiger partial charge in [0, 0.05) is 109 Å². The zero-order valence-corrected chi connectivity index (χ0v) is 80.0. The van der Waals surface area contributed by atoms with Crippen molar-refractivity contribution in [1.82, 2.24) is 27.4 Å². The van der Waals surface area contributed by atoms with Crippen LogP contribution < -0.4 is 0 Å². The predicted molar refractivity (Wildman–Crippen MR) is 600 cm³/mol. The van der Waals surface area contributed by atoms with E-state index < -0.39 is 0 Å². The van der Waals surface area contributed by atoms with Crippen LogP contribution in [-0.4, -0.2) is 27.4 Å². The van der Waals surface area contributed by atoms with Crippen molar-refractivity contribution in [2.45, 2.75) is 0 Å². The molecule has 6 heterocycles. The van der Waals surface area contributed by atoms with Crippen LogP contribution in [0.4, 0.5) is 0 Å². The van der Waals surface area contributed by atoms with Gasteiger partial charge in [-0.05, 0) is 198 Å². The van der Waals surface area contributed by atoms with Gasteiger partial charge in [-0.15, -0.1) is 0 Å². The molecule has 0 saturated carbocycles. The molecule has 0 bridgehead atoms. The van der Waals surface area contributed by atoms with Crippen LogP contribution in [-0.2, 0) is 0 Å². The van der Waals surface area contributed by atoms with Crippen LogP contribution in [0.2, 0.25) is 0 Å². The molecule has 15 nitrogen and oxygen atoms in total. The second-order valence-corrected chi connectivity index (χ2v) is 36.8. The lowest BCUT2D eigenvalue weighted by Crippen LogP contribution is -2.02. The summed E-state index contributed by atoms with van der Waals surface area (Å²) in [5.41, 5.74) is 31.8. The SMILES string of the molecule is N#Cc1ccc2c(c1)c1ccccc1n2-c1ccc(-c2c(C#N)cccc2-c2ccccc2-n2c3ccccc3c3ccccc32)c(C#N)c1.N#Cc1ccc2c(c1)c1ccccc1n2-c1ccc(-c2c(C#N)cccc2-c2ccccc2-n2c3ccccc3c3ccccc32)cc1C#N.N#Cc1ccc2c(c1)c1ccccc1n2-c1ccc(-c2ccccc2-c2ccccc2-n2c3ccccc3c3ccccc32)c(C#N)c1C#N. The molecule has 0 aliphatic carbocycles. The number of hydrogen-bond donors (Lipinski definition) is 0. The first-order chi connectivity index (χ1) is 74.1. The maximum atomic E-state index is 10.8. The summed E-state index contributed by atoms with van der Waals surface area (Å²) >= 11 is 0. The van der Waals surface area contributed by atoms with Crippen LogP contribution in [0.25, 0.3) is 232 Å². The Balaban J connectivity index is 0.000000116. The highest BCUT2D eigenvalue weighted by Crippen LogP contribution is 2.49. The maximum absolute atomic E-state index is 10.8. The van der Waals surface area contributed by atoms with E-state index in [0.29, 0.717) is 72.4 Å². The minimum atomic E-state index is 0.294. The monoisotopic (exact) mass is 1910 g/mol. The number of nitrogens with zero attached hydrogens (tertiary/aromatic N) is 15. The van der Waals surface area contributed by atoms with Crippen molar-refractivity contribution in [1.29, 1.82) is 47.4 Å². The molecule has 0 atom stereocenters. The van der Waals surface area contributed by atoms with Crippen LogP contribution in [0.5, 0.6) is 0 Å². The van der Waals surface area contributed by atoms with E-state index in [1.165, 1.54) is 32.3 Å². The third kappa shape index (κ3) is 14.4. The summed E-state index contributed by atoms with van der Waals surface area (Å²) in [5, 5.41) is 105. The average molecular weight is 1910 g/mol. The zero-order chi connectivity index (χ0) is 101. The smallest absolute Gasteiger partial charge is 0.103 e. The van der Waals surface area contributed by atoms with E-state index in [1.54, 1.807) is 6.07 Å². The van der Waals surface area contributed by atoms with E-state index in [-0.39, 0.29) is 0 Å². The van der Waals surface area contributed by atoms with Crippen LogP contribution in [0, 0.1) is 102 Å². The molecule has 0 unspecified atom stereocenters. The van der Waals surface area contributed by atoms with Gasteiger partial charge in [0.1, 0.15) is 18.2 Å². The third-order valence-corrected chi connectivity index (χ3v) is 29.0. The van der Waals surface area contributed by atoms with Crippen molar-refractivity contribution in [2.24, 2.45) is 0 Å². The van der Waals surface area contributed by atoms with Gasteiger partial charge < -0.3 is 27.4 Å². The number of benzene rings is 21. The predicted octanol–water partition coefficient (Wildman–Crippen LogP) is 32.5. The Labute approximate surface area is 860 Å². The number of rotatable bonds is 12. The molecule has 690 valence electrons. The van der Waals surface area contributed by atoms with Crippen molar-refractivity contribution in [2.75, 3.05) is 0 Å². The molecule has 0 aliphatic heterocycles. The second kappa shape index (κ2) is 37.0. The lowest BCUT2D eigenvalue weighted by Gasteiger charge is -2.19. The van der Waals surface area contributed by atoms with E-state index >= 15 is 0 Å². The Bertz CT molecular complexity index is 10700. The Kier molecular flexibility index (Phi) is 22.0. The van der Waals surface area contributed by atoms with E-state index in [0.717, 1.165) is 177 Å². The Morgan fingerprint density at radius 3 is 0.793 bits per heavy atom. The van der Waals surface area contributed by atoms with Gasteiger partial charge in [-0.25, -0.2) is 0 Å². The molecule has 27 aromatic rings. The Morgan fingerprint density at radius 2 is 0.420 bits per heavy atom. The van der Waals surface area contributed by atoms with Crippen LogP contribution in [0.1, 0.15) is 50.1 Å². The number of nitriles is 9. The van der Waals surface area contributed by atoms with Gasteiger partial charge in [-0.2, -0.15) is 47.4 Å². The van der Waals surface area contributed by atoms with E-state index in [4.69, 9.17) is 0 Å². The zero-order valence-electron chi connectivity index (χ0n) is 80.0. The van der Waals surface area contributed by atoms with Gasteiger partial charge in [0.05, 0.1) is 181 Å². The topological polar surface area (TPSA) is 244 Å². The molecule has 15 heteroatoms. The number of fused-ring (bicyclic) bond motifs is 18. The molecule has 0 fully saturated rings. The number of hydrogen-bond acceptors (Lipinski definition) is 9. The van der Waals surface area contributed by atoms with Crippen molar-refractivity contribution in [3.8, 4) is 156 Å². The molecule has 0 spiro atoms. The highest BCUT2D eigenvalue weighted by molar-refractivity contribution is 6.16. The molecule has 0 amide bonds. The lowest BCUT2D eigenvalue weighted by molar-refractivity contribution is 1.16. The molecule has 0 N–H and O–H groups in total. The van der Waals surface area contributed by atoms with Gasteiger partial charge >= 0.3 is 0 Å². The fourth-order valence-corrected chi connectivity index (χ4v) is 22.6. The summed E-state index contributed by atoms with van der Waals surface area (Å²) in [6.45, 7) is 0. The van der Waals surface area contributed by atoms with Gasteiger partial charge in [0.15, 0.2) is 0 Å². The highest BCUT2D eigenvalue weighted by atomic mass is 15.0. The molecule has 6 aromatic heterocycles. The quantitative estimate of drug-likeness (QED) is 0.113. The molecular weight excluding hydrogens is 1830 g/mol. The van der Waals surface area contributed by atoms with Crippen molar-refractivity contribution in [3.63, 3.8) is 0 Å². The van der Waals surface area contributed by atoms with Crippen LogP contribution in [0.3, 0.4) is 0 Å². The normalized spacial score (nSPS) is 11.1. The molecule has 0 saturated heterocycles. The van der Waals surface area contributed by atoms with E-state index in [9.17, 15) is 47.4 Å². The third-order valence-electron chi connectivity index (χ3n) is 29.0. The first kappa shape index (κ1) is 89.2. The standard InChI is InChI=1S/3C45H25N5/c46-26-29-20-23-44-39(24-29)37-14-4-5-16-40(37)49(44)32-21-22-33(31(25-32)28-48)45-30(27-47)10-9-15-38(45)36-13-3-8-19-43(36)50-41-17-6-1-11-34(41)35-12-2-7-18-42(35)50;46-26-29-20-22-44-38(24-29)36-14-4-8-19-43(36)49(44)39-23-21-30(25-32(39)28-48)45-31(27-47)10-9-15-37(45)35-13-3-7-18-42(35)50-40-16-5-1-11-33(40)34-12-2-6-17-41(34)50;46-26-29-21-23-44-37(25-29)36-16-6-10-20-43(36)50(44)45-24-22-32(38(27-47)39(45)28-48)30-11-1-2-12-31(30)33-13-3-7-17-40(33)49-41-18-8-4-14-34(41)35-15-5-9-19-42(35)49/h3*1-25H. The van der Waals surface area contributed by atoms with Crippen molar-refractivity contribution in [3.05, 3.63) is 505 Å². The first-order valence-corrected chi connectivity index (χ1v) is 48.9. The van der Waals surface area contributed by atoms with Gasteiger partial charge in [0.2, 0.25) is 0 Å². The van der Waals surface area contributed by atoms with Crippen molar-refractivity contribution >= 4 is 131 Å². The minimum Gasteiger partial charge on any atom is -0.309 e. The average Bonchev–Trinajstić information content (AvgIpc) is 1.64. The summed E-state index contributed by atoms with van der Waals surface area (Å²) < 4.78 is 13.1.